The van der Waals surface area contributed by atoms with E-state index in [2.05, 4.69) is 24.8 Å². The maximum atomic E-state index is 12.7. The van der Waals surface area contributed by atoms with E-state index in [0.29, 0.717) is 18.4 Å². The van der Waals surface area contributed by atoms with Gasteiger partial charge in [-0.2, -0.15) is 13.2 Å². The largest absolute Gasteiger partial charge is 0.433 e. The number of anilines is 1. The standard InChI is InChI=1S/C19H19F3N6O/c1-12-25-15-9-23-5-2-14(15)18(26-12)27-6-3-13(4-7-27)10-28-11-24-16(8-17(28)29)19(20,21)22/h2,5,8-9,11,13H,3-4,6-7,10H2,1H3. The van der Waals surface area contributed by atoms with E-state index < -0.39 is 17.4 Å². The Morgan fingerprint density at radius 2 is 1.97 bits per heavy atom. The summed E-state index contributed by atoms with van der Waals surface area (Å²) in [6.45, 7) is 3.67. The second-order valence-corrected chi connectivity index (χ2v) is 7.18. The predicted molar refractivity (Wildman–Crippen MR) is 101 cm³/mol. The fourth-order valence-corrected chi connectivity index (χ4v) is 3.64. The van der Waals surface area contributed by atoms with Gasteiger partial charge in [0.1, 0.15) is 11.6 Å². The molecule has 0 radical (unpaired) electrons. The molecular weight excluding hydrogens is 385 g/mol. The minimum atomic E-state index is -4.61. The molecule has 0 bridgehead atoms. The van der Waals surface area contributed by atoms with Crippen molar-refractivity contribution in [2.24, 2.45) is 5.92 Å². The molecule has 4 heterocycles. The molecule has 1 fully saturated rings. The molecule has 0 saturated carbocycles. The van der Waals surface area contributed by atoms with Gasteiger partial charge in [-0.25, -0.2) is 15.0 Å². The summed E-state index contributed by atoms with van der Waals surface area (Å²) < 4.78 is 39.3. The number of piperidine rings is 1. The highest BCUT2D eigenvalue weighted by Crippen LogP contribution is 2.29. The van der Waals surface area contributed by atoms with Gasteiger partial charge < -0.3 is 4.90 Å². The normalized spacial score (nSPS) is 15.8. The van der Waals surface area contributed by atoms with Gasteiger partial charge in [-0.15, -0.1) is 0 Å². The highest BCUT2D eigenvalue weighted by molar-refractivity contribution is 5.88. The lowest BCUT2D eigenvalue weighted by molar-refractivity contribution is -0.141. The Labute approximate surface area is 164 Å². The lowest BCUT2D eigenvalue weighted by Gasteiger charge is -2.33. The lowest BCUT2D eigenvalue weighted by atomic mass is 9.96. The number of aryl methyl sites for hydroxylation is 1. The minimum absolute atomic E-state index is 0.179. The smallest absolute Gasteiger partial charge is 0.356 e. The summed E-state index contributed by atoms with van der Waals surface area (Å²) in [7, 11) is 0. The Morgan fingerprint density at radius 3 is 2.66 bits per heavy atom. The number of hydrogen-bond donors (Lipinski definition) is 0. The van der Waals surface area contributed by atoms with Crippen molar-refractivity contribution in [3.8, 4) is 0 Å². The maximum Gasteiger partial charge on any atom is 0.433 e. The molecule has 1 aliphatic heterocycles. The van der Waals surface area contributed by atoms with Crippen LogP contribution in [0.1, 0.15) is 24.4 Å². The van der Waals surface area contributed by atoms with Gasteiger partial charge in [0.25, 0.3) is 5.56 Å². The quantitative estimate of drug-likeness (QED) is 0.668. The number of hydrogen-bond acceptors (Lipinski definition) is 6. The van der Waals surface area contributed by atoms with Crippen molar-refractivity contribution in [1.29, 1.82) is 0 Å². The number of aromatic nitrogens is 5. The van der Waals surface area contributed by atoms with Crippen molar-refractivity contribution in [2.75, 3.05) is 18.0 Å². The highest BCUT2D eigenvalue weighted by Gasteiger charge is 2.33. The van der Waals surface area contributed by atoms with Gasteiger partial charge in [0.2, 0.25) is 0 Å². The molecule has 3 aromatic rings. The van der Waals surface area contributed by atoms with Gasteiger partial charge in [0.15, 0.2) is 5.69 Å². The van der Waals surface area contributed by atoms with Crippen LogP contribution in [0.5, 0.6) is 0 Å². The molecule has 1 aliphatic rings. The summed E-state index contributed by atoms with van der Waals surface area (Å²) in [4.78, 5) is 30.7. The van der Waals surface area contributed by atoms with Gasteiger partial charge in [-0.1, -0.05) is 0 Å². The summed E-state index contributed by atoms with van der Waals surface area (Å²) in [6, 6.07) is 2.45. The molecule has 0 aliphatic carbocycles. The molecule has 7 nitrogen and oxygen atoms in total. The van der Waals surface area contributed by atoms with Crippen LogP contribution in [0.4, 0.5) is 19.0 Å². The first-order chi connectivity index (χ1) is 13.8. The Balaban J connectivity index is 1.46. The molecular formula is C19H19F3N6O. The Kier molecular flexibility index (Phi) is 4.93. The molecule has 0 unspecified atom stereocenters. The second kappa shape index (κ2) is 7.41. The van der Waals surface area contributed by atoms with Crippen LogP contribution in [0.15, 0.2) is 35.6 Å². The molecule has 4 rings (SSSR count). The molecule has 0 aromatic carbocycles. The van der Waals surface area contributed by atoms with Crippen LogP contribution in [-0.2, 0) is 12.7 Å². The molecule has 0 atom stereocenters. The van der Waals surface area contributed by atoms with Crippen LogP contribution in [0.25, 0.3) is 10.9 Å². The third-order valence-electron chi connectivity index (χ3n) is 5.13. The Morgan fingerprint density at radius 1 is 1.21 bits per heavy atom. The van der Waals surface area contributed by atoms with E-state index in [0.717, 1.165) is 49.0 Å². The summed E-state index contributed by atoms with van der Waals surface area (Å²) in [6.07, 6.45) is 1.39. The van der Waals surface area contributed by atoms with E-state index in [-0.39, 0.29) is 5.92 Å². The van der Waals surface area contributed by atoms with Gasteiger partial charge >= 0.3 is 6.18 Å². The zero-order valence-corrected chi connectivity index (χ0v) is 15.7. The summed E-state index contributed by atoms with van der Waals surface area (Å²) in [5, 5.41) is 0.937. The van der Waals surface area contributed by atoms with Crippen molar-refractivity contribution in [2.45, 2.75) is 32.5 Å². The fraction of sp³-hybridized carbons (Fsp3) is 0.421. The maximum absolute atomic E-state index is 12.7. The number of nitrogens with zero attached hydrogens (tertiary/aromatic N) is 6. The number of fused-ring (bicyclic) bond motifs is 1. The van der Waals surface area contributed by atoms with Gasteiger partial charge in [-0.3, -0.25) is 14.3 Å². The highest BCUT2D eigenvalue weighted by atomic mass is 19.4. The van der Waals surface area contributed by atoms with Crippen LogP contribution in [0.2, 0.25) is 0 Å². The third-order valence-corrected chi connectivity index (χ3v) is 5.13. The zero-order valence-electron chi connectivity index (χ0n) is 15.7. The molecule has 29 heavy (non-hydrogen) atoms. The van der Waals surface area contributed by atoms with Crippen molar-refractivity contribution in [3.05, 3.63) is 52.7 Å². The molecule has 0 amide bonds. The van der Waals surface area contributed by atoms with Crippen LogP contribution in [-0.4, -0.2) is 37.6 Å². The van der Waals surface area contributed by atoms with E-state index in [9.17, 15) is 18.0 Å². The second-order valence-electron chi connectivity index (χ2n) is 7.18. The Bertz CT molecular complexity index is 1090. The van der Waals surface area contributed by atoms with E-state index in [1.807, 2.05) is 13.0 Å². The topological polar surface area (TPSA) is 76.8 Å². The minimum Gasteiger partial charge on any atom is -0.356 e. The van der Waals surface area contributed by atoms with E-state index >= 15 is 0 Å². The monoisotopic (exact) mass is 404 g/mol. The van der Waals surface area contributed by atoms with E-state index in [1.165, 1.54) is 4.57 Å². The van der Waals surface area contributed by atoms with Crippen LogP contribution < -0.4 is 10.5 Å². The number of alkyl halides is 3. The molecule has 10 heteroatoms. The number of pyridine rings is 1. The molecule has 3 aromatic heterocycles. The van der Waals surface area contributed by atoms with Crippen molar-refractivity contribution in [3.63, 3.8) is 0 Å². The first-order valence-corrected chi connectivity index (χ1v) is 9.28. The fourth-order valence-electron chi connectivity index (χ4n) is 3.64. The van der Waals surface area contributed by atoms with E-state index in [4.69, 9.17) is 0 Å². The molecule has 152 valence electrons. The predicted octanol–water partition coefficient (Wildman–Crippen LogP) is 2.83. The van der Waals surface area contributed by atoms with Crippen molar-refractivity contribution >= 4 is 16.7 Å². The molecule has 1 saturated heterocycles. The molecule has 0 spiro atoms. The SMILES string of the molecule is Cc1nc(N2CCC(Cn3cnc(C(F)(F)F)cc3=O)CC2)c2ccncc2n1. The van der Waals surface area contributed by atoms with Gasteiger partial charge in [0, 0.05) is 37.3 Å². The molecule has 0 N–H and O–H groups in total. The number of rotatable bonds is 3. The van der Waals surface area contributed by atoms with Crippen molar-refractivity contribution < 1.29 is 13.2 Å². The van der Waals surface area contributed by atoms with Crippen molar-refractivity contribution in [1.82, 2.24) is 24.5 Å². The first kappa shape index (κ1) is 19.3. The van der Waals surface area contributed by atoms with Crippen LogP contribution in [0.3, 0.4) is 0 Å². The van der Waals surface area contributed by atoms with Gasteiger partial charge in [-0.05, 0) is 31.7 Å². The first-order valence-electron chi connectivity index (χ1n) is 9.28. The lowest BCUT2D eigenvalue weighted by Crippen LogP contribution is -2.37. The van der Waals surface area contributed by atoms with Crippen LogP contribution >= 0.6 is 0 Å². The van der Waals surface area contributed by atoms with Gasteiger partial charge in [0.05, 0.1) is 18.0 Å². The summed E-state index contributed by atoms with van der Waals surface area (Å²) in [5.41, 5.74) is -1.05. The van der Waals surface area contributed by atoms with Crippen LogP contribution in [0, 0.1) is 12.8 Å². The number of halogens is 3. The zero-order chi connectivity index (χ0) is 20.6. The summed E-state index contributed by atoms with van der Waals surface area (Å²) in [5.74, 6) is 1.71. The average Bonchev–Trinajstić information content (AvgIpc) is 2.68. The average molecular weight is 404 g/mol. The summed E-state index contributed by atoms with van der Waals surface area (Å²) >= 11 is 0. The van der Waals surface area contributed by atoms with E-state index in [1.54, 1.807) is 12.4 Å². The Hall–Kier alpha value is -3.04. The third kappa shape index (κ3) is 4.06.